The second-order valence-corrected chi connectivity index (χ2v) is 5.46. The number of pyridine rings is 1. The van der Waals surface area contributed by atoms with Gasteiger partial charge in [-0.05, 0) is 44.4 Å². The zero-order chi connectivity index (χ0) is 14.8. The van der Waals surface area contributed by atoms with Gasteiger partial charge in [-0.3, -0.25) is 0 Å². The van der Waals surface area contributed by atoms with E-state index in [2.05, 4.69) is 20.7 Å². The average molecular weight is 285 g/mol. The summed E-state index contributed by atoms with van der Waals surface area (Å²) in [4.78, 5) is 15.9. The summed E-state index contributed by atoms with van der Waals surface area (Å²) in [5.74, 6) is 0.784. The van der Waals surface area contributed by atoms with E-state index in [4.69, 9.17) is 0 Å². The number of hydrogen-bond acceptors (Lipinski definition) is 3. The van der Waals surface area contributed by atoms with Crippen LogP contribution in [0.15, 0.2) is 24.4 Å². The van der Waals surface area contributed by atoms with Gasteiger partial charge < -0.3 is 10.6 Å². The molecule has 0 aliphatic heterocycles. The molecule has 3 rings (SSSR count). The van der Waals surface area contributed by atoms with Gasteiger partial charge in [0.05, 0.1) is 5.69 Å². The molecule has 0 spiro atoms. The molecule has 110 valence electrons. The highest BCUT2D eigenvalue weighted by molar-refractivity contribution is 5.74. The minimum atomic E-state index is -0.111. The lowest BCUT2D eigenvalue weighted by molar-refractivity contribution is 0.240. The summed E-state index contributed by atoms with van der Waals surface area (Å²) in [6, 6.07) is 6.14. The summed E-state index contributed by atoms with van der Waals surface area (Å²) in [7, 11) is 0. The van der Waals surface area contributed by atoms with E-state index in [-0.39, 0.29) is 6.03 Å². The molecule has 1 fully saturated rings. The predicted octanol–water partition coefficient (Wildman–Crippen LogP) is 1.85. The second kappa shape index (κ2) is 5.55. The van der Waals surface area contributed by atoms with Gasteiger partial charge in [0.1, 0.15) is 0 Å². The number of carbonyl (C=O) groups is 1. The number of carbonyl (C=O) groups excluding carboxylic acids is 1. The number of nitrogens with one attached hydrogen (secondary N) is 2. The Morgan fingerprint density at radius 2 is 2.19 bits per heavy atom. The molecule has 6 nitrogen and oxygen atoms in total. The fraction of sp³-hybridized carbons (Fsp3) is 0.400. The molecule has 0 atom stereocenters. The third kappa shape index (κ3) is 3.39. The molecule has 0 unspecified atom stereocenters. The third-order valence-electron chi connectivity index (χ3n) is 3.40. The molecule has 2 aromatic rings. The molecular formula is C15H19N5O. The van der Waals surface area contributed by atoms with Crippen LogP contribution in [-0.4, -0.2) is 26.8 Å². The van der Waals surface area contributed by atoms with E-state index in [1.54, 1.807) is 6.20 Å². The zero-order valence-electron chi connectivity index (χ0n) is 12.3. The highest BCUT2D eigenvalue weighted by atomic mass is 16.2. The van der Waals surface area contributed by atoms with Gasteiger partial charge in [0.15, 0.2) is 5.82 Å². The first-order chi connectivity index (χ1) is 10.1. The number of urea groups is 1. The molecule has 1 aliphatic carbocycles. The molecule has 2 N–H and O–H groups in total. The number of amides is 2. The lowest BCUT2D eigenvalue weighted by Crippen LogP contribution is -2.36. The van der Waals surface area contributed by atoms with Gasteiger partial charge in [-0.15, -0.1) is 0 Å². The Bertz CT molecular complexity index is 643. The van der Waals surface area contributed by atoms with Crippen LogP contribution < -0.4 is 10.6 Å². The van der Waals surface area contributed by atoms with Crippen LogP contribution >= 0.6 is 0 Å². The van der Waals surface area contributed by atoms with Crippen molar-refractivity contribution in [1.82, 2.24) is 25.4 Å². The van der Waals surface area contributed by atoms with Crippen LogP contribution in [-0.2, 0) is 6.54 Å². The van der Waals surface area contributed by atoms with E-state index in [0.29, 0.717) is 12.6 Å². The van der Waals surface area contributed by atoms with Crippen LogP contribution in [0.1, 0.15) is 29.8 Å². The maximum Gasteiger partial charge on any atom is 0.315 e. The first-order valence-electron chi connectivity index (χ1n) is 7.15. The Balaban J connectivity index is 1.61. The highest BCUT2D eigenvalue weighted by Crippen LogP contribution is 2.18. The highest BCUT2D eigenvalue weighted by Gasteiger charge is 2.22. The van der Waals surface area contributed by atoms with Crippen LogP contribution in [0.4, 0.5) is 4.79 Å². The quantitative estimate of drug-likeness (QED) is 0.900. The van der Waals surface area contributed by atoms with Crippen molar-refractivity contribution in [3.05, 3.63) is 41.3 Å². The first-order valence-corrected chi connectivity index (χ1v) is 7.15. The topological polar surface area (TPSA) is 71.8 Å². The van der Waals surface area contributed by atoms with Crippen molar-refractivity contribution in [2.45, 2.75) is 39.3 Å². The lowest BCUT2D eigenvalue weighted by atomic mass is 10.3. The van der Waals surface area contributed by atoms with Gasteiger partial charge in [0.25, 0.3) is 0 Å². The smallest absolute Gasteiger partial charge is 0.315 e. The standard InChI is InChI=1S/C15H19N5O/c1-10-7-11(2)20(19-10)14-6-3-12(8-16-14)9-17-15(21)18-13-4-5-13/h3,6-8,13H,4-5,9H2,1-2H3,(H2,17,18,21). The Labute approximate surface area is 123 Å². The fourth-order valence-corrected chi connectivity index (χ4v) is 2.15. The SMILES string of the molecule is Cc1cc(C)n(-c2ccc(CNC(=O)NC3CC3)cn2)n1. The van der Waals surface area contributed by atoms with E-state index in [9.17, 15) is 4.79 Å². The van der Waals surface area contributed by atoms with Crippen LogP contribution in [0, 0.1) is 13.8 Å². The Kier molecular flexibility index (Phi) is 3.60. The first kappa shape index (κ1) is 13.6. The van der Waals surface area contributed by atoms with Gasteiger partial charge >= 0.3 is 6.03 Å². The monoisotopic (exact) mass is 285 g/mol. The van der Waals surface area contributed by atoms with Crippen LogP contribution in [0.25, 0.3) is 5.82 Å². The van der Waals surface area contributed by atoms with Crippen molar-refractivity contribution in [2.75, 3.05) is 0 Å². The molecule has 0 aromatic carbocycles. The van der Waals surface area contributed by atoms with Crippen molar-refractivity contribution in [1.29, 1.82) is 0 Å². The molecule has 2 heterocycles. The van der Waals surface area contributed by atoms with E-state index < -0.39 is 0 Å². The average Bonchev–Trinajstić information content (AvgIpc) is 3.20. The van der Waals surface area contributed by atoms with Gasteiger partial charge in [0, 0.05) is 24.5 Å². The van der Waals surface area contributed by atoms with Crippen molar-refractivity contribution in [3.63, 3.8) is 0 Å². The normalized spacial score (nSPS) is 14.0. The predicted molar refractivity (Wildman–Crippen MR) is 79.2 cm³/mol. The summed E-state index contributed by atoms with van der Waals surface area (Å²) in [5, 5.41) is 10.1. The molecule has 21 heavy (non-hydrogen) atoms. The zero-order valence-corrected chi connectivity index (χ0v) is 12.3. The summed E-state index contributed by atoms with van der Waals surface area (Å²) in [6.45, 7) is 4.43. The van der Waals surface area contributed by atoms with E-state index >= 15 is 0 Å². The summed E-state index contributed by atoms with van der Waals surface area (Å²) in [5.41, 5.74) is 2.98. The van der Waals surface area contributed by atoms with Crippen molar-refractivity contribution < 1.29 is 4.79 Å². The molecule has 2 aromatic heterocycles. The van der Waals surface area contributed by atoms with E-state index in [1.165, 1.54) is 0 Å². The van der Waals surface area contributed by atoms with Crippen molar-refractivity contribution in [3.8, 4) is 5.82 Å². The van der Waals surface area contributed by atoms with Crippen molar-refractivity contribution in [2.24, 2.45) is 0 Å². The number of rotatable bonds is 4. The third-order valence-corrected chi connectivity index (χ3v) is 3.40. The lowest BCUT2D eigenvalue weighted by Gasteiger charge is -2.07. The molecule has 0 radical (unpaired) electrons. The Morgan fingerprint density at radius 3 is 2.76 bits per heavy atom. The maximum absolute atomic E-state index is 11.5. The second-order valence-electron chi connectivity index (χ2n) is 5.46. The van der Waals surface area contributed by atoms with Gasteiger partial charge in [-0.25, -0.2) is 14.5 Å². The van der Waals surface area contributed by atoms with Crippen LogP contribution in [0.2, 0.25) is 0 Å². The largest absolute Gasteiger partial charge is 0.335 e. The van der Waals surface area contributed by atoms with E-state index in [0.717, 1.165) is 35.6 Å². The fourth-order valence-electron chi connectivity index (χ4n) is 2.15. The molecule has 6 heteroatoms. The maximum atomic E-state index is 11.5. The number of nitrogens with zero attached hydrogens (tertiary/aromatic N) is 3. The molecule has 0 saturated heterocycles. The van der Waals surface area contributed by atoms with Crippen LogP contribution in [0.5, 0.6) is 0 Å². The van der Waals surface area contributed by atoms with Gasteiger partial charge in [-0.2, -0.15) is 5.10 Å². The summed E-state index contributed by atoms with van der Waals surface area (Å²) in [6.07, 6.45) is 3.95. The Morgan fingerprint density at radius 1 is 1.38 bits per heavy atom. The molecular weight excluding hydrogens is 266 g/mol. The van der Waals surface area contributed by atoms with Gasteiger partial charge in [-0.1, -0.05) is 6.07 Å². The Hall–Kier alpha value is -2.37. The number of hydrogen-bond donors (Lipinski definition) is 2. The van der Waals surface area contributed by atoms with Crippen LogP contribution in [0.3, 0.4) is 0 Å². The van der Waals surface area contributed by atoms with Crippen molar-refractivity contribution >= 4 is 6.03 Å². The summed E-state index contributed by atoms with van der Waals surface area (Å²) < 4.78 is 1.81. The molecule has 1 saturated carbocycles. The molecule has 0 bridgehead atoms. The number of aromatic nitrogens is 3. The number of aryl methyl sites for hydroxylation is 2. The van der Waals surface area contributed by atoms with E-state index in [1.807, 2.05) is 36.7 Å². The summed E-state index contributed by atoms with van der Waals surface area (Å²) >= 11 is 0. The molecule has 2 amide bonds. The molecule has 1 aliphatic rings. The minimum Gasteiger partial charge on any atom is -0.335 e. The minimum absolute atomic E-state index is 0.111. The van der Waals surface area contributed by atoms with Gasteiger partial charge in [0.2, 0.25) is 0 Å².